The highest BCUT2D eigenvalue weighted by molar-refractivity contribution is 5.79. The maximum absolute atomic E-state index is 12.3. The number of nitrogens with zero attached hydrogens (tertiary/aromatic N) is 1. The summed E-state index contributed by atoms with van der Waals surface area (Å²) in [5.74, 6) is 0.484. The molecule has 0 spiro atoms. The van der Waals surface area contributed by atoms with Crippen molar-refractivity contribution in [3.63, 3.8) is 0 Å². The molecule has 2 atom stereocenters. The van der Waals surface area contributed by atoms with Gasteiger partial charge in [-0.2, -0.15) is 0 Å². The summed E-state index contributed by atoms with van der Waals surface area (Å²) in [5, 5.41) is 3.30. The topological polar surface area (TPSA) is 32.3 Å². The molecule has 1 aliphatic heterocycles. The average Bonchev–Trinajstić information content (AvgIpc) is 2.26. The molecule has 0 aromatic carbocycles. The van der Waals surface area contributed by atoms with Crippen LogP contribution in [0, 0.1) is 11.3 Å². The zero-order chi connectivity index (χ0) is 12.3. The summed E-state index contributed by atoms with van der Waals surface area (Å²) in [6.45, 7) is 10.6. The number of nitrogens with one attached hydrogen (secondary N) is 1. The second-order valence-corrected chi connectivity index (χ2v) is 6.03. The number of carbonyl (C=O) groups is 1. The van der Waals surface area contributed by atoms with Gasteiger partial charge in [0.15, 0.2) is 0 Å². The van der Waals surface area contributed by atoms with Crippen LogP contribution in [0.1, 0.15) is 40.5 Å². The van der Waals surface area contributed by atoms with Crippen LogP contribution in [0.4, 0.5) is 0 Å². The normalized spacial score (nSPS) is 23.9. The summed E-state index contributed by atoms with van der Waals surface area (Å²) in [6.07, 6.45) is 2.15. The molecule has 1 fully saturated rings. The van der Waals surface area contributed by atoms with E-state index in [0.29, 0.717) is 5.91 Å². The highest BCUT2D eigenvalue weighted by atomic mass is 16.2. The largest absolute Gasteiger partial charge is 0.342 e. The molecule has 1 heterocycles. The van der Waals surface area contributed by atoms with Crippen molar-refractivity contribution in [3.05, 3.63) is 0 Å². The van der Waals surface area contributed by atoms with Crippen LogP contribution in [0.2, 0.25) is 0 Å². The molecule has 0 radical (unpaired) electrons. The number of rotatable bonds is 2. The Balaban J connectivity index is 2.58. The minimum atomic E-state index is 0.145. The van der Waals surface area contributed by atoms with Crippen LogP contribution in [0.3, 0.4) is 0 Å². The number of hydrogen-bond donors (Lipinski definition) is 1. The Labute approximate surface area is 99.6 Å². The van der Waals surface area contributed by atoms with E-state index in [2.05, 4.69) is 33.0 Å². The lowest BCUT2D eigenvalue weighted by molar-refractivity contribution is -0.138. The number of carbonyl (C=O) groups excluding carboxylic acids is 1. The molecule has 1 aliphatic rings. The van der Waals surface area contributed by atoms with Crippen molar-refractivity contribution in [2.45, 2.75) is 46.6 Å². The van der Waals surface area contributed by atoms with E-state index in [0.717, 1.165) is 25.9 Å². The van der Waals surface area contributed by atoms with Gasteiger partial charge in [-0.1, -0.05) is 20.8 Å². The van der Waals surface area contributed by atoms with E-state index in [1.54, 1.807) is 0 Å². The third-order valence-electron chi connectivity index (χ3n) is 3.83. The fourth-order valence-electron chi connectivity index (χ4n) is 2.12. The van der Waals surface area contributed by atoms with E-state index >= 15 is 0 Å². The Morgan fingerprint density at radius 1 is 1.44 bits per heavy atom. The lowest BCUT2D eigenvalue weighted by atomic mass is 9.86. The van der Waals surface area contributed by atoms with Crippen LogP contribution in [-0.4, -0.2) is 37.0 Å². The van der Waals surface area contributed by atoms with Crippen LogP contribution in [0.15, 0.2) is 0 Å². The van der Waals surface area contributed by atoms with Crippen molar-refractivity contribution < 1.29 is 4.79 Å². The minimum Gasteiger partial charge on any atom is -0.342 e. The summed E-state index contributed by atoms with van der Waals surface area (Å²) in [5.41, 5.74) is 0.145. The molecule has 16 heavy (non-hydrogen) atoms. The predicted molar refractivity (Wildman–Crippen MR) is 67.3 cm³/mol. The quantitative estimate of drug-likeness (QED) is 0.779. The second-order valence-electron chi connectivity index (χ2n) is 6.03. The minimum absolute atomic E-state index is 0.145. The molecule has 1 rings (SSSR count). The van der Waals surface area contributed by atoms with Gasteiger partial charge in [-0.15, -0.1) is 0 Å². The molecule has 0 aromatic heterocycles. The summed E-state index contributed by atoms with van der Waals surface area (Å²) < 4.78 is 0. The zero-order valence-electron chi connectivity index (χ0n) is 11.3. The Hall–Kier alpha value is -0.570. The Bertz CT molecular complexity index is 239. The first-order chi connectivity index (χ1) is 7.34. The molecule has 0 aromatic rings. The van der Waals surface area contributed by atoms with Crippen LogP contribution < -0.4 is 5.32 Å². The molecule has 94 valence electrons. The third-order valence-corrected chi connectivity index (χ3v) is 3.83. The van der Waals surface area contributed by atoms with Gasteiger partial charge in [0.2, 0.25) is 5.91 Å². The Kier molecular flexibility index (Phi) is 4.36. The van der Waals surface area contributed by atoms with Crippen molar-refractivity contribution in [3.8, 4) is 0 Å². The van der Waals surface area contributed by atoms with Gasteiger partial charge in [0.25, 0.3) is 0 Å². The van der Waals surface area contributed by atoms with E-state index < -0.39 is 0 Å². The van der Waals surface area contributed by atoms with Crippen molar-refractivity contribution in [1.82, 2.24) is 10.2 Å². The van der Waals surface area contributed by atoms with Gasteiger partial charge >= 0.3 is 0 Å². The van der Waals surface area contributed by atoms with Gasteiger partial charge in [0.1, 0.15) is 0 Å². The van der Waals surface area contributed by atoms with E-state index in [9.17, 15) is 4.79 Å². The van der Waals surface area contributed by atoms with Gasteiger partial charge in [0.05, 0.1) is 5.92 Å². The van der Waals surface area contributed by atoms with Gasteiger partial charge in [-0.05, 0) is 31.7 Å². The van der Waals surface area contributed by atoms with E-state index in [-0.39, 0.29) is 17.4 Å². The second kappa shape index (κ2) is 5.17. The van der Waals surface area contributed by atoms with Crippen LogP contribution in [0.25, 0.3) is 0 Å². The highest BCUT2D eigenvalue weighted by Gasteiger charge is 2.31. The van der Waals surface area contributed by atoms with Crippen LogP contribution >= 0.6 is 0 Å². The molecule has 3 heteroatoms. The Morgan fingerprint density at radius 3 is 2.50 bits per heavy atom. The lowest BCUT2D eigenvalue weighted by Gasteiger charge is -2.38. The van der Waals surface area contributed by atoms with Gasteiger partial charge in [-0.3, -0.25) is 4.79 Å². The molecular weight excluding hydrogens is 200 g/mol. The third kappa shape index (κ3) is 3.21. The van der Waals surface area contributed by atoms with Crippen LogP contribution in [0.5, 0.6) is 0 Å². The van der Waals surface area contributed by atoms with Crippen molar-refractivity contribution >= 4 is 5.91 Å². The standard InChI is InChI=1S/C13H26N2O/c1-10(13(2,3)4)15(5)12(16)11-7-6-8-14-9-11/h10-11,14H,6-9H2,1-5H3/t10?,11-/m1/s1. The Morgan fingerprint density at radius 2 is 2.06 bits per heavy atom. The summed E-state index contributed by atoms with van der Waals surface area (Å²) in [7, 11) is 1.94. The maximum Gasteiger partial charge on any atom is 0.226 e. The average molecular weight is 226 g/mol. The van der Waals surface area contributed by atoms with Crippen molar-refractivity contribution in [1.29, 1.82) is 0 Å². The summed E-state index contributed by atoms with van der Waals surface area (Å²) in [4.78, 5) is 14.2. The molecular formula is C13H26N2O. The SMILES string of the molecule is CC(N(C)C(=O)[C@@H]1CCCNC1)C(C)(C)C. The summed E-state index contributed by atoms with van der Waals surface area (Å²) >= 11 is 0. The maximum atomic E-state index is 12.3. The van der Waals surface area contributed by atoms with E-state index in [1.807, 2.05) is 11.9 Å². The molecule has 1 N–H and O–H groups in total. The number of amides is 1. The van der Waals surface area contributed by atoms with Gasteiger partial charge < -0.3 is 10.2 Å². The predicted octanol–water partition coefficient (Wildman–Crippen LogP) is 1.88. The molecule has 0 bridgehead atoms. The number of hydrogen-bond acceptors (Lipinski definition) is 2. The summed E-state index contributed by atoms with van der Waals surface area (Å²) in [6, 6.07) is 0.280. The first-order valence-electron chi connectivity index (χ1n) is 6.31. The van der Waals surface area contributed by atoms with Crippen LogP contribution in [-0.2, 0) is 4.79 Å². The molecule has 1 amide bonds. The first-order valence-corrected chi connectivity index (χ1v) is 6.31. The molecule has 1 unspecified atom stereocenters. The lowest BCUT2D eigenvalue weighted by Crippen LogP contribution is -2.48. The fraction of sp³-hybridized carbons (Fsp3) is 0.923. The highest BCUT2D eigenvalue weighted by Crippen LogP contribution is 2.25. The fourth-order valence-corrected chi connectivity index (χ4v) is 2.12. The molecule has 0 saturated carbocycles. The smallest absolute Gasteiger partial charge is 0.226 e. The van der Waals surface area contributed by atoms with E-state index in [1.165, 1.54) is 0 Å². The van der Waals surface area contributed by atoms with Crippen molar-refractivity contribution in [2.75, 3.05) is 20.1 Å². The van der Waals surface area contributed by atoms with Crippen molar-refractivity contribution in [2.24, 2.45) is 11.3 Å². The molecule has 1 saturated heterocycles. The monoisotopic (exact) mass is 226 g/mol. The van der Waals surface area contributed by atoms with Gasteiger partial charge in [0, 0.05) is 19.6 Å². The first kappa shape index (κ1) is 13.5. The van der Waals surface area contributed by atoms with E-state index in [4.69, 9.17) is 0 Å². The molecule has 3 nitrogen and oxygen atoms in total. The van der Waals surface area contributed by atoms with Gasteiger partial charge in [-0.25, -0.2) is 0 Å². The number of piperidine rings is 1. The zero-order valence-corrected chi connectivity index (χ0v) is 11.3. The molecule has 0 aliphatic carbocycles.